The van der Waals surface area contributed by atoms with Crippen LogP contribution in [0.1, 0.15) is 37.9 Å². The standard InChI is InChI=1S/C26H23N3O4S/c1-4-28-18-14-10-9-13-17(18)20(23(28)30)22-24(31)29-21(16-11-7-6-8-12-16)19(25(32)33-5-2)15(3)27-26(29)34-22/h6-14,21H,4-5H2,1-3H3. The number of likely N-dealkylation sites (N-methyl/N-ethyl adjacent to an activating group) is 1. The van der Waals surface area contributed by atoms with Crippen molar-refractivity contribution in [2.24, 2.45) is 4.99 Å². The molecular formula is C26H23N3O4S. The lowest BCUT2D eigenvalue weighted by Crippen LogP contribution is -2.41. The number of para-hydroxylation sites is 1. The maximum absolute atomic E-state index is 13.9. The van der Waals surface area contributed by atoms with E-state index in [1.54, 1.807) is 18.7 Å². The number of nitrogens with zero attached hydrogens (tertiary/aromatic N) is 3. The predicted molar refractivity (Wildman–Crippen MR) is 130 cm³/mol. The minimum absolute atomic E-state index is 0.202. The number of ether oxygens (including phenoxy) is 1. The molecule has 8 heteroatoms. The van der Waals surface area contributed by atoms with Gasteiger partial charge in [0.05, 0.1) is 35.2 Å². The smallest absolute Gasteiger partial charge is 0.338 e. The van der Waals surface area contributed by atoms with Gasteiger partial charge in [0, 0.05) is 12.1 Å². The van der Waals surface area contributed by atoms with Crippen molar-refractivity contribution in [3.8, 4) is 0 Å². The number of esters is 1. The van der Waals surface area contributed by atoms with Gasteiger partial charge in [0.2, 0.25) is 0 Å². The van der Waals surface area contributed by atoms with Crippen molar-refractivity contribution in [1.29, 1.82) is 0 Å². The fourth-order valence-corrected chi connectivity index (χ4v) is 5.74. The molecule has 1 unspecified atom stereocenters. The maximum atomic E-state index is 13.9. The molecule has 34 heavy (non-hydrogen) atoms. The Bertz CT molecular complexity index is 1530. The number of rotatable bonds is 4. The number of thiazole rings is 1. The number of fused-ring (bicyclic) bond motifs is 2. The van der Waals surface area contributed by atoms with E-state index in [4.69, 9.17) is 4.74 Å². The van der Waals surface area contributed by atoms with E-state index in [0.29, 0.717) is 32.7 Å². The highest BCUT2D eigenvalue weighted by atomic mass is 32.1. The minimum Gasteiger partial charge on any atom is -0.463 e. The van der Waals surface area contributed by atoms with Gasteiger partial charge in [-0.3, -0.25) is 14.2 Å². The number of hydrogen-bond acceptors (Lipinski definition) is 6. The van der Waals surface area contributed by atoms with E-state index in [9.17, 15) is 14.4 Å². The molecular weight excluding hydrogens is 450 g/mol. The molecule has 7 nitrogen and oxygen atoms in total. The summed E-state index contributed by atoms with van der Waals surface area (Å²) in [6.45, 7) is 6.10. The van der Waals surface area contributed by atoms with E-state index >= 15 is 0 Å². The molecule has 0 spiro atoms. The van der Waals surface area contributed by atoms with Gasteiger partial charge >= 0.3 is 5.97 Å². The van der Waals surface area contributed by atoms with E-state index in [1.807, 2.05) is 61.5 Å². The van der Waals surface area contributed by atoms with Crippen LogP contribution in [0, 0.1) is 0 Å². The van der Waals surface area contributed by atoms with Crippen LogP contribution in [0.25, 0.3) is 5.57 Å². The number of benzene rings is 2. The van der Waals surface area contributed by atoms with Crippen molar-refractivity contribution < 1.29 is 14.3 Å². The molecule has 2 aliphatic heterocycles. The SMILES string of the molecule is CCOC(=O)C1=C(C)N=c2sc(=C3C(=O)N(CC)c4ccccc43)c(=O)n2C1c1ccccc1. The van der Waals surface area contributed by atoms with Crippen LogP contribution in [-0.4, -0.2) is 29.6 Å². The highest BCUT2D eigenvalue weighted by molar-refractivity contribution is 7.07. The zero-order valence-corrected chi connectivity index (χ0v) is 19.9. The second kappa shape index (κ2) is 8.53. The van der Waals surface area contributed by atoms with Crippen molar-refractivity contribution in [2.45, 2.75) is 26.8 Å². The summed E-state index contributed by atoms with van der Waals surface area (Å²) in [5, 5.41) is 0. The summed E-state index contributed by atoms with van der Waals surface area (Å²) in [5.74, 6) is -0.707. The van der Waals surface area contributed by atoms with Crippen LogP contribution in [0.15, 0.2) is 75.7 Å². The molecule has 0 aliphatic carbocycles. The van der Waals surface area contributed by atoms with Crippen LogP contribution in [0.2, 0.25) is 0 Å². The maximum Gasteiger partial charge on any atom is 0.338 e. The third-order valence-electron chi connectivity index (χ3n) is 6.07. The van der Waals surface area contributed by atoms with Crippen molar-refractivity contribution in [2.75, 3.05) is 18.1 Å². The van der Waals surface area contributed by atoms with Crippen molar-refractivity contribution in [3.63, 3.8) is 0 Å². The van der Waals surface area contributed by atoms with Crippen LogP contribution < -0.4 is 19.8 Å². The molecule has 1 atom stereocenters. The van der Waals surface area contributed by atoms with Gasteiger partial charge in [-0.1, -0.05) is 59.9 Å². The molecule has 0 radical (unpaired) electrons. The molecule has 5 rings (SSSR count). The Morgan fingerprint density at radius 2 is 1.76 bits per heavy atom. The topological polar surface area (TPSA) is 81.0 Å². The molecule has 0 bridgehead atoms. The number of hydrogen-bond donors (Lipinski definition) is 0. The van der Waals surface area contributed by atoms with Gasteiger partial charge < -0.3 is 9.64 Å². The average molecular weight is 474 g/mol. The molecule has 3 heterocycles. The largest absolute Gasteiger partial charge is 0.463 e. The number of allylic oxidation sites excluding steroid dienone is 1. The Morgan fingerprint density at radius 1 is 1.06 bits per heavy atom. The van der Waals surface area contributed by atoms with Crippen LogP contribution in [0.5, 0.6) is 0 Å². The summed E-state index contributed by atoms with van der Waals surface area (Å²) in [4.78, 5) is 47.0. The number of amides is 1. The monoisotopic (exact) mass is 473 g/mol. The highest BCUT2D eigenvalue weighted by Crippen LogP contribution is 2.35. The molecule has 2 aliphatic rings. The van der Waals surface area contributed by atoms with Gasteiger partial charge in [0.1, 0.15) is 4.53 Å². The van der Waals surface area contributed by atoms with Crippen LogP contribution in [-0.2, 0) is 14.3 Å². The average Bonchev–Trinajstić information content (AvgIpc) is 3.30. The summed E-state index contributed by atoms with van der Waals surface area (Å²) < 4.78 is 7.17. The Morgan fingerprint density at radius 3 is 2.47 bits per heavy atom. The zero-order valence-electron chi connectivity index (χ0n) is 19.1. The molecule has 0 N–H and O–H groups in total. The van der Waals surface area contributed by atoms with E-state index in [1.165, 1.54) is 15.9 Å². The molecule has 3 aromatic rings. The van der Waals surface area contributed by atoms with E-state index < -0.39 is 12.0 Å². The van der Waals surface area contributed by atoms with Gasteiger partial charge in [-0.15, -0.1) is 0 Å². The van der Waals surface area contributed by atoms with Crippen molar-refractivity contribution in [1.82, 2.24) is 4.57 Å². The summed E-state index contributed by atoms with van der Waals surface area (Å²) in [6.07, 6.45) is 0. The second-order valence-corrected chi connectivity index (χ2v) is 8.95. The molecule has 0 fully saturated rings. The van der Waals surface area contributed by atoms with Crippen LogP contribution >= 0.6 is 11.3 Å². The first kappa shape index (κ1) is 22.0. The lowest BCUT2D eigenvalue weighted by Gasteiger charge is -2.24. The van der Waals surface area contributed by atoms with Gasteiger partial charge in [0.15, 0.2) is 4.80 Å². The molecule has 172 valence electrons. The van der Waals surface area contributed by atoms with Crippen molar-refractivity contribution in [3.05, 3.63) is 96.7 Å². The van der Waals surface area contributed by atoms with Crippen LogP contribution in [0.3, 0.4) is 0 Å². The third-order valence-corrected chi connectivity index (χ3v) is 7.13. The van der Waals surface area contributed by atoms with Gasteiger partial charge in [0.25, 0.3) is 11.5 Å². The van der Waals surface area contributed by atoms with E-state index in [0.717, 1.165) is 16.8 Å². The van der Waals surface area contributed by atoms with Gasteiger partial charge in [-0.25, -0.2) is 9.79 Å². The summed E-state index contributed by atoms with van der Waals surface area (Å²) >= 11 is 1.18. The fraction of sp³-hybridized carbons (Fsp3) is 0.231. The normalized spacial score (nSPS) is 18.5. The Labute approximate surface area is 199 Å². The molecule has 2 aromatic carbocycles. The fourth-order valence-electron chi connectivity index (χ4n) is 4.61. The zero-order chi connectivity index (χ0) is 24.0. The minimum atomic E-state index is -0.695. The van der Waals surface area contributed by atoms with E-state index in [2.05, 4.69) is 4.99 Å². The first-order chi connectivity index (χ1) is 16.5. The molecule has 1 aromatic heterocycles. The van der Waals surface area contributed by atoms with Gasteiger partial charge in [-0.05, 0) is 32.4 Å². The molecule has 1 amide bonds. The third kappa shape index (κ3) is 3.25. The summed E-state index contributed by atoms with van der Waals surface area (Å²) in [5.41, 5.74) is 3.15. The van der Waals surface area contributed by atoms with E-state index in [-0.39, 0.29) is 18.1 Å². The van der Waals surface area contributed by atoms with Gasteiger partial charge in [-0.2, -0.15) is 0 Å². The summed E-state index contributed by atoms with van der Waals surface area (Å²) in [7, 11) is 0. The van der Waals surface area contributed by atoms with Crippen LogP contribution in [0.4, 0.5) is 5.69 Å². The Balaban J connectivity index is 1.83. The number of carbonyl (C=O) groups is 2. The molecule has 0 saturated carbocycles. The quantitative estimate of drug-likeness (QED) is 0.546. The highest BCUT2D eigenvalue weighted by Gasteiger charge is 2.36. The predicted octanol–water partition coefficient (Wildman–Crippen LogP) is 2.54. The molecule has 0 saturated heterocycles. The lowest BCUT2D eigenvalue weighted by molar-refractivity contribution is -0.139. The number of aromatic nitrogens is 1. The number of carbonyl (C=O) groups excluding carboxylic acids is 2. The van der Waals surface area contributed by atoms with Crippen molar-refractivity contribution >= 4 is 34.5 Å². The number of anilines is 1. The first-order valence-corrected chi connectivity index (χ1v) is 12.0. The lowest BCUT2D eigenvalue weighted by atomic mass is 9.96. The second-order valence-electron chi connectivity index (χ2n) is 7.98. The Kier molecular flexibility index (Phi) is 5.53. The Hall–Kier alpha value is -3.78. The first-order valence-electron chi connectivity index (χ1n) is 11.2. The summed E-state index contributed by atoms with van der Waals surface area (Å²) in [6, 6.07) is 16.1.